The molecule has 0 saturated heterocycles. The molecule has 2 aromatic rings. The van der Waals surface area contributed by atoms with Crippen LogP contribution in [0, 0.1) is 0 Å². The van der Waals surface area contributed by atoms with E-state index >= 15 is 0 Å². The fraction of sp³-hybridized carbons (Fsp3) is 0.500. The second-order valence-electron chi connectivity index (χ2n) is 4.45. The molecule has 0 bridgehead atoms. The molecule has 2 aromatic heterocycles. The molecule has 0 aromatic carbocycles. The first-order valence-electron chi connectivity index (χ1n) is 4.83. The molecule has 16 heavy (non-hydrogen) atoms. The monoisotopic (exact) mass is 238 g/mol. The molecule has 0 atom stereocenters. The van der Waals surface area contributed by atoms with Crippen molar-refractivity contribution >= 4 is 21.7 Å². The second kappa shape index (κ2) is 4.37. The van der Waals surface area contributed by atoms with Gasteiger partial charge in [-0.1, -0.05) is 39.5 Å². The Morgan fingerprint density at radius 3 is 2.44 bits per heavy atom. The van der Waals surface area contributed by atoms with E-state index in [0.717, 1.165) is 15.4 Å². The third kappa shape index (κ3) is 2.32. The van der Waals surface area contributed by atoms with Gasteiger partial charge < -0.3 is 4.74 Å². The standard InChI is InChI=1S/C11H14N2OS.CH4/c1-11(2,3)10-12-7-5-6-8(14-4)13-9(7)15-10;/h5-6H,1-4H3;1H4. The average Bonchev–Trinajstić information content (AvgIpc) is 2.59. The van der Waals surface area contributed by atoms with Gasteiger partial charge in [0.2, 0.25) is 5.88 Å². The molecule has 3 nitrogen and oxygen atoms in total. The summed E-state index contributed by atoms with van der Waals surface area (Å²) in [6.45, 7) is 6.46. The molecule has 0 unspecified atom stereocenters. The number of thiazole rings is 1. The summed E-state index contributed by atoms with van der Waals surface area (Å²) in [5, 5.41) is 1.11. The lowest BCUT2D eigenvalue weighted by Crippen LogP contribution is -2.09. The number of ether oxygens (including phenoxy) is 1. The zero-order chi connectivity index (χ0) is 11.1. The minimum absolute atomic E-state index is 0. The van der Waals surface area contributed by atoms with E-state index in [1.807, 2.05) is 12.1 Å². The summed E-state index contributed by atoms with van der Waals surface area (Å²) in [5.74, 6) is 0.645. The topological polar surface area (TPSA) is 35.0 Å². The Kier molecular flexibility index (Phi) is 3.53. The quantitative estimate of drug-likeness (QED) is 0.761. The maximum Gasteiger partial charge on any atom is 0.214 e. The molecule has 0 radical (unpaired) electrons. The molecule has 2 rings (SSSR count). The Bertz CT molecular complexity index is 485. The Labute approximate surface area is 101 Å². The fourth-order valence-electron chi connectivity index (χ4n) is 1.23. The zero-order valence-electron chi connectivity index (χ0n) is 9.37. The average molecular weight is 238 g/mol. The number of pyridine rings is 1. The molecule has 4 heteroatoms. The molecule has 0 fully saturated rings. The Morgan fingerprint density at radius 1 is 1.19 bits per heavy atom. The second-order valence-corrected chi connectivity index (χ2v) is 5.42. The van der Waals surface area contributed by atoms with Crippen molar-refractivity contribution in [2.75, 3.05) is 7.11 Å². The molecule has 0 amide bonds. The minimum Gasteiger partial charge on any atom is -0.481 e. The highest BCUT2D eigenvalue weighted by atomic mass is 32.1. The van der Waals surface area contributed by atoms with Crippen molar-refractivity contribution in [3.05, 3.63) is 17.1 Å². The number of hydrogen-bond donors (Lipinski definition) is 0. The highest BCUT2D eigenvalue weighted by molar-refractivity contribution is 7.18. The van der Waals surface area contributed by atoms with E-state index in [1.54, 1.807) is 18.4 Å². The van der Waals surface area contributed by atoms with Crippen LogP contribution in [0.1, 0.15) is 33.2 Å². The van der Waals surface area contributed by atoms with Crippen molar-refractivity contribution in [1.82, 2.24) is 9.97 Å². The number of nitrogens with zero attached hydrogens (tertiary/aromatic N) is 2. The molecule has 0 saturated carbocycles. The SMILES string of the molecule is C.COc1ccc2nc(C(C)(C)C)sc2n1. The van der Waals surface area contributed by atoms with Crippen LogP contribution in [0.15, 0.2) is 12.1 Å². The van der Waals surface area contributed by atoms with Gasteiger partial charge >= 0.3 is 0 Å². The van der Waals surface area contributed by atoms with Gasteiger partial charge in [0.1, 0.15) is 15.4 Å². The van der Waals surface area contributed by atoms with Crippen LogP contribution in [0.5, 0.6) is 5.88 Å². The summed E-state index contributed by atoms with van der Waals surface area (Å²) in [7, 11) is 1.62. The molecule has 0 N–H and O–H groups in total. The molecule has 0 aliphatic carbocycles. The van der Waals surface area contributed by atoms with Crippen molar-refractivity contribution in [3.8, 4) is 5.88 Å². The summed E-state index contributed by atoms with van der Waals surface area (Å²) in [6.07, 6.45) is 0. The zero-order valence-corrected chi connectivity index (χ0v) is 10.2. The third-order valence-electron chi connectivity index (χ3n) is 2.08. The first kappa shape index (κ1) is 12.9. The van der Waals surface area contributed by atoms with Gasteiger partial charge in [-0.2, -0.15) is 0 Å². The maximum absolute atomic E-state index is 5.08. The molecule has 0 spiro atoms. The van der Waals surface area contributed by atoms with Crippen LogP contribution in [0.3, 0.4) is 0 Å². The summed E-state index contributed by atoms with van der Waals surface area (Å²) < 4.78 is 5.08. The molecular weight excluding hydrogens is 220 g/mol. The van der Waals surface area contributed by atoms with Crippen molar-refractivity contribution < 1.29 is 4.74 Å². The summed E-state index contributed by atoms with van der Waals surface area (Å²) >= 11 is 1.63. The van der Waals surface area contributed by atoms with Crippen molar-refractivity contribution in [2.24, 2.45) is 0 Å². The van der Waals surface area contributed by atoms with Gasteiger partial charge in [-0.25, -0.2) is 9.97 Å². The molecule has 88 valence electrons. The Morgan fingerprint density at radius 2 is 1.88 bits per heavy atom. The summed E-state index contributed by atoms with van der Waals surface area (Å²) in [4.78, 5) is 9.87. The number of fused-ring (bicyclic) bond motifs is 1. The van der Waals surface area contributed by atoms with Gasteiger partial charge in [-0.15, -0.1) is 0 Å². The minimum atomic E-state index is 0. The van der Waals surface area contributed by atoms with Crippen LogP contribution in [0.4, 0.5) is 0 Å². The molecular formula is C12H18N2OS. The molecule has 2 heterocycles. The van der Waals surface area contributed by atoms with Gasteiger partial charge in [-0.3, -0.25) is 0 Å². The maximum atomic E-state index is 5.08. The van der Waals surface area contributed by atoms with Gasteiger partial charge in [0.05, 0.1) is 7.11 Å². The summed E-state index contributed by atoms with van der Waals surface area (Å²) in [6, 6.07) is 3.79. The van der Waals surface area contributed by atoms with E-state index in [0.29, 0.717) is 5.88 Å². The van der Waals surface area contributed by atoms with Crippen molar-refractivity contribution in [1.29, 1.82) is 0 Å². The fourth-order valence-corrected chi connectivity index (χ4v) is 2.22. The van der Waals surface area contributed by atoms with E-state index in [9.17, 15) is 0 Å². The largest absolute Gasteiger partial charge is 0.481 e. The number of hydrogen-bond acceptors (Lipinski definition) is 4. The normalized spacial score (nSPS) is 11.2. The van der Waals surface area contributed by atoms with Crippen molar-refractivity contribution in [3.63, 3.8) is 0 Å². The first-order valence-corrected chi connectivity index (χ1v) is 5.64. The highest BCUT2D eigenvalue weighted by Gasteiger charge is 2.19. The van der Waals surface area contributed by atoms with Crippen LogP contribution in [0.25, 0.3) is 10.3 Å². The van der Waals surface area contributed by atoms with Gasteiger partial charge in [0, 0.05) is 11.5 Å². The first-order chi connectivity index (χ1) is 7.00. The lowest BCUT2D eigenvalue weighted by atomic mass is 9.98. The molecule has 0 aliphatic heterocycles. The number of aromatic nitrogens is 2. The van der Waals surface area contributed by atoms with E-state index < -0.39 is 0 Å². The van der Waals surface area contributed by atoms with E-state index in [-0.39, 0.29) is 12.8 Å². The Hall–Kier alpha value is -1.16. The van der Waals surface area contributed by atoms with E-state index in [2.05, 4.69) is 30.7 Å². The third-order valence-corrected chi connectivity index (χ3v) is 3.47. The number of rotatable bonds is 1. The smallest absolute Gasteiger partial charge is 0.214 e. The van der Waals surface area contributed by atoms with Crippen LogP contribution >= 0.6 is 11.3 Å². The predicted octanol–water partition coefficient (Wildman–Crippen LogP) is 3.63. The lowest BCUT2D eigenvalue weighted by molar-refractivity contribution is 0.400. The summed E-state index contributed by atoms with van der Waals surface area (Å²) in [5.41, 5.74) is 1.03. The van der Waals surface area contributed by atoms with E-state index in [1.165, 1.54) is 0 Å². The van der Waals surface area contributed by atoms with Crippen LogP contribution in [-0.2, 0) is 5.41 Å². The van der Waals surface area contributed by atoms with Crippen LogP contribution in [0.2, 0.25) is 0 Å². The van der Waals surface area contributed by atoms with Gasteiger partial charge in [0.25, 0.3) is 0 Å². The van der Waals surface area contributed by atoms with Crippen molar-refractivity contribution in [2.45, 2.75) is 33.6 Å². The van der Waals surface area contributed by atoms with Crippen LogP contribution in [-0.4, -0.2) is 17.1 Å². The predicted molar refractivity (Wildman–Crippen MR) is 69.4 cm³/mol. The Balaban J connectivity index is 0.00000128. The number of methoxy groups -OCH3 is 1. The van der Waals surface area contributed by atoms with Gasteiger partial charge in [0.15, 0.2) is 0 Å². The van der Waals surface area contributed by atoms with E-state index in [4.69, 9.17) is 4.74 Å². The highest BCUT2D eigenvalue weighted by Crippen LogP contribution is 2.30. The van der Waals surface area contributed by atoms with Crippen LogP contribution < -0.4 is 4.74 Å². The molecule has 0 aliphatic rings. The lowest BCUT2D eigenvalue weighted by Gasteiger charge is -2.12. The van der Waals surface area contributed by atoms with Gasteiger partial charge in [-0.05, 0) is 6.07 Å².